The normalized spacial score (nSPS) is 14.7. The van der Waals surface area contributed by atoms with E-state index in [1.807, 2.05) is 49.4 Å². The lowest BCUT2D eigenvalue weighted by Crippen LogP contribution is -2.65. The molecular formula is C29H30ClN3O3. The first kappa shape index (κ1) is 25.5. The van der Waals surface area contributed by atoms with Crippen molar-refractivity contribution in [1.82, 2.24) is 10.2 Å². The second-order valence-corrected chi connectivity index (χ2v) is 9.63. The number of nitrogens with zero attached hydrogens (tertiary/aromatic N) is 2. The van der Waals surface area contributed by atoms with E-state index >= 15 is 0 Å². The Bertz CT molecular complexity index is 1240. The summed E-state index contributed by atoms with van der Waals surface area (Å²) >= 11 is 6.34. The molecule has 36 heavy (non-hydrogen) atoms. The minimum absolute atomic E-state index is 0.0486. The quantitative estimate of drug-likeness (QED) is 0.515. The third-order valence-corrected chi connectivity index (χ3v) is 6.99. The maximum absolute atomic E-state index is 14.1. The number of halogens is 1. The van der Waals surface area contributed by atoms with Crippen LogP contribution in [-0.2, 0) is 16.1 Å². The summed E-state index contributed by atoms with van der Waals surface area (Å²) in [6, 6.07) is 24.0. The molecule has 1 N–H and O–H groups in total. The predicted molar refractivity (Wildman–Crippen MR) is 142 cm³/mol. The van der Waals surface area contributed by atoms with Crippen LogP contribution in [-0.4, -0.2) is 41.2 Å². The van der Waals surface area contributed by atoms with Gasteiger partial charge in [-0.05, 0) is 55.7 Å². The minimum Gasteiger partial charge on any atom is -0.350 e. The fourth-order valence-corrected chi connectivity index (χ4v) is 4.87. The summed E-state index contributed by atoms with van der Waals surface area (Å²) < 4.78 is 0. The molecule has 1 aliphatic rings. The molecule has 3 aromatic rings. The first-order valence-corrected chi connectivity index (χ1v) is 12.4. The Kier molecular flexibility index (Phi) is 7.75. The molecule has 0 unspecified atom stereocenters. The molecule has 186 valence electrons. The number of piperidine rings is 1. The molecule has 0 atom stereocenters. The van der Waals surface area contributed by atoms with E-state index in [9.17, 15) is 14.4 Å². The van der Waals surface area contributed by atoms with E-state index in [1.165, 1.54) is 6.92 Å². The molecule has 4 rings (SSSR count). The molecule has 0 saturated carbocycles. The first-order chi connectivity index (χ1) is 17.3. The highest BCUT2D eigenvalue weighted by Crippen LogP contribution is 2.36. The van der Waals surface area contributed by atoms with E-state index < -0.39 is 5.54 Å². The lowest BCUT2D eigenvalue weighted by Gasteiger charge is -2.47. The van der Waals surface area contributed by atoms with Gasteiger partial charge in [0, 0.05) is 42.8 Å². The van der Waals surface area contributed by atoms with Crippen LogP contribution in [0.5, 0.6) is 0 Å². The van der Waals surface area contributed by atoms with Crippen LogP contribution in [0.15, 0.2) is 78.9 Å². The Morgan fingerprint density at radius 2 is 1.61 bits per heavy atom. The molecule has 1 saturated heterocycles. The smallest absolute Gasteiger partial charge is 0.259 e. The van der Waals surface area contributed by atoms with Gasteiger partial charge in [0.2, 0.25) is 11.8 Å². The monoisotopic (exact) mass is 503 g/mol. The zero-order valence-electron chi connectivity index (χ0n) is 20.5. The van der Waals surface area contributed by atoms with Crippen LogP contribution >= 0.6 is 11.6 Å². The first-order valence-electron chi connectivity index (χ1n) is 12.0. The van der Waals surface area contributed by atoms with Crippen molar-refractivity contribution in [1.29, 1.82) is 0 Å². The summed E-state index contributed by atoms with van der Waals surface area (Å²) in [5.74, 6) is -0.592. The Morgan fingerprint density at radius 3 is 2.22 bits per heavy atom. The molecule has 0 spiro atoms. The van der Waals surface area contributed by atoms with Crippen LogP contribution in [0.3, 0.4) is 0 Å². The molecule has 1 heterocycles. The van der Waals surface area contributed by atoms with Gasteiger partial charge in [-0.25, -0.2) is 0 Å². The Morgan fingerprint density at radius 1 is 0.944 bits per heavy atom. The van der Waals surface area contributed by atoms with Gasteiger partial charge >= 0.3 is 0 Å². The summed E-state index contributed by atoms with van der Waals surface area (Å²) in [6.45, 7) is 4.55. The van der Waals surface area contributed by atoms with E-state index in [4.69, 9.17) is 11.6 Å². The third kappa shape index (κ3) is 5.44. The number of hydrogen-bond donors (Lipinski definition) is 1. The molecule has 0 radical (unpaired) electrons. The number of benzene rings is 3. The molecule has 3 amide bonds. The molecule has 1 fully saturated rings. The summed E-state index contributed by atoms with van der Waals surface area (Å²) in [4.78, 5) is 43.5. The number of rotatable bonds is 6. The van der Waals surface area contributed by atoms with Crippen LogP contribution in [0.25, 0.3) is 0 Å². The van der Waals surface area contributed by atoms with E-state index in [1.54, 1.807) is 46.2 Å². The van der Waals surface area contributed by atoms with Crippen LogP contribution in [0.2, 0.25) is 5.02 Å². The maximum atomic E-state index is 14.1. The average molecular weight is 504 g/mol. The van der Waals surface area contributed by atoms with Gasteiger partial charge in [-0.3, -0.25) is 19.3 Å². The summed E-state index contributed by atoms with van der Waals surface area (Å²) in [5, 5.41) is 3.53. The van der Waals surface area contributed by atoms with E-state index in [-0.39, 0.29) is 17.7 Å². The summed E-state index contributed by atoms with van der Waals surface area (Å²) in [7, 11) is 0. The molecule has 0 bridgehead atoms. The van der Waals surface area contributed by atoms with Crippen molar-refractivity contribution in [3.8, 4) is 0 Å². The van der Waals surface area contributed by atoms with Crippen molar-refractivity contribution in [3.63, 3.8) is 0 Å². The molecule has 3 aromatic carbocycles. The molecule has 7 heteroatoms. The topological polar surface area (TPSA) is 69.7 Å². The van der Waals surface area contributed by atoms with Crippen molar-refractivity contribution in [2.45, 2.75) is 38.8 Å². The van der Waals surface area contributed by atoms with E-state index in [0.29, 0.717) is 48.7 Å². The van der Waals surface area contributed by atoms with Gasteiger partial charge in [0.25, 0.3) is 5.91 Å². The van der Waals surface area contributed by atoms with Gasteiger partial charge in [-0.1, -0.05) is 65.7 Å². The number of carbonyl (C=O) groups excluding carboxylic acids is 3. The Hall–Kier alpha value is -3.64. The second-order valence-electron chi connectivity index (χ2n) is 9.19. The fourth-order valence-electron chi connectivity index (χ4n) is 4.69. The van der Waals surface area contributed by atoms with Gasteiger partial charge in [-0.2, -0.15) is 0 Å². The highest BCUT2D eigenvalue weighted by molar-refractivity contribution is 6.31. The van der Waals surface area contributed by atoms with Crippen LogP contribution < -0.4 is 10.2 Å². The van der Waals surface area contributed by atoms with Gasteiger partial charge in [0.15, 0.2) is 0 Å². The number of carbonyl (C=O) groups is 3. The van der Waals surface area contributed by atoms with Crippen molar-refractivity contribution >= 4 is 35.0 Å². The van der Waals surface area contributed by atoms with Crippen LogP contribution in [0, 0.1) is 6.92 Å². The second kappa shape index (κ2) is 11.0. The molecular weight excluding hydrogens is 474 g/mol. The number of amides is 3. The largest absolute Gasteiger partial charge is 0.350 e. The van der Waals surface area contributed by atoms with Crippen molar-refractivity contribution in [2.75, 3.05) is 18.0 Å². The number of nitrogens with one attached hydrogen (secondary N) is 1. The average Bonchev–Trinajstić information content (AvgIpc) is 2.88. The van der Waals surface area contributed by atoms with Gasteiger partial charge < -0.3 is 10.2 Å². The summed E-state index contributed by atoms with van der Waals surface area (Å²) in [6.07, 6.45) is 0.606. The SMILES string of the molecule is CC(=O)N1CCC(C(=O)NCc2ccccc2)(N(C(=O)c2ccc(C)cc2)c2cccc(Cl)c2)CC1. The number of anilines is 1. The van der Waals surface area contributed by atoms with E-state index in [2.05, 4.69) is 5.32 Å². The van der Waals surface area contributed by atoms with Crippen molar-refractivity contribution in [3.05, 3.63) is 101 Å². The lowest BCUT2D eigenvalue weighted by molar-refractivity contribution is -0.135. The van der Waals surface area contributed by atoms with Crippen LogP contribution in [0.1, 0.15) is 41.3 Å². The van der Waals surface area contributed by atoms with Gasteiger partial charge in [0.05, 0.1) is 0 Å². The fraction of sp³-hybridized carbons (Fsp3) is 0.276. The molecule has 1 aliphatic heterocycles. The number of likely N-dealkylation sites (tertiary alicyclic amines) is 1. The molecule has 0 aromatic heterocycles. The zero-order chi connectivity index (χ0) is 25.7. The Balaban J connectivity index is 1.77. The summed E-state index contributed by atoms with van der Waals surface area (Å²) in [5.41, 5.74) is 1.81. The molecule has 6 nitrogen and oxygen atoms in total. The van der Waals surface area contributed by atoms with Crippen LogP contribution in [0.4, 0.5) is 5.69 Å². The lowest BCUT2D eigenvalue weighted by atomic mass is 9.83. The minimum atomic E-state index is -1.20. The van der Waals surface area contributed by atoms with Gasteiger partial charge in [0.1, 0.15) is 5.54 Å². The van der Waals surface area contributed by atoms with Gasteiger partial charge in [-0.15, -0.1) is 0 Å². The highest BCUT2D eigenvalue weighted by atomic mass is 35.5. The van der Waals surface area contributed by atoms with Crippen molar-refractivity contribution < 1.29 is 14.4 Å². The highest BCUT2D eigenvalue weighted by Gasteiger charge is 2.49. The number of aryl methyl sites for hydroxylation is 1. The third-order valence-electron chi connectivity index (χ3n) is 6.75. The number of hydrogen-bond acceptors (Lipinski definition) is 3. The Labute approximate surface area is 216 Å². The predicted octanol–water partition coefficient (Wildman–Crippen LogP) is 4.99. The van der Waals surface area contributed by atoms with E-state index in [0.717, 1.165) is 11.1 Å². The zero-order valence-corrected chi connectivity index (χ0v) is 21.3. The molecule has 0 aliphatic carbocycles. The standard InChI is InChI=1S/C29H30ClN3O3/c1-21-11-13-24(14-12-21)27(35)33(26-10-6-9-25(30)19-26)29(15-17-32(18-16-29)22(2)34)28(36)31-20-23-7-4-3-5-8-23/h3-14,19H,15-18,20H2,1-2H3,(H,31,36). The maximum Gasteiger partial charge on any atom is 0.259 e. The van der Waals surface area contributed by atoms with Crippen molar-refractivity contribution in [2.24, 2.45) is 0 Å².